The molecule has 2 N–H and O–H groups in total. The summed E-state index contributed by atoms with van der Waals surface area (Å²) < 4.78 is 52.6. The van der Waals surface area contributed by atoms with Crippen molar-refractivity contribution in [3.05, 3.63) is 29.3 Å². The SMILES string of the molecule is Cc1cc(S(=O)(=O)N(C)CC(C)(C)CN)c(F)cc1F.Cl. The van der Waals surface area contributed by atoms with E-state index in [0.717, 1.165) is 10.4 Å². The molecule has 0 saturated heterocycles. The predicted octanol–water partition coefficient (Wildman–Crippen LogP) is 2.30. The maximum atomic E-state index is 13.7. The van der Waals surface area contributed by atoms with E-state index in [2.05, 4.69) is 0 Å². The molecule has 122 valence electrons. The number of benzene rings is 1. The summed E-state index contributed by atoms with van der Waals surface area (Å²) in [5, 5.41) is 0. The number of nitrogens with two attached hydrogens (primary N) is 1. The Kier molecular flexibility index (Phi) is 6.75. The van der Waals surface area contributed by atoms with Crippen LogP contribution in [0.2, 0.25) is 0 Å². The highest BCUT2D eigenvalue weighted by Crippen LogP contribution is 2.24. The van der Waals surface area contributed by atoms with Crippen molar-refractivity contribution in [1.29, 1.82) is 0 Å². The zero-order valence-corrected chi connectivity index (χ0v) is 14.1. The van der Waals surface area contributed by atoms with Crippen LogP contribution in [0.25, 0.3) is 0 Å². The third kappa shape index (κ3) is 4.60. The van der Waals surface area contributed by atoms with Crippen LogP contribution in [0.3, 0.4) is 0 Å². The first-order valence-corrected chi connectivity index (χ1v) is 7.57. The molecule has 1 rings (SSSR count). The first-order chi connectivity index (χ1) is 9.01. The first kappa shape index (κ1) is 20.2. The summed E-state index contributed by atoms with van der Waals surface area (Å²) in [4.78, 5) is -0.522. The lowest BCUT2D eigenvalue weighted by Crippen LogP contribution is -2.40. The van der Waals surface area contributed by atoms with Crippen LogP contribution in [0.5, 0.6) is 0 Å². The summed E-state index contributed by atoms with van der Waals surface area (Å²) >= 11 is 0. The van der Waals surface area contributed by atoms with Gasteiger partial charge < -0.3 is 5.73 Å². The quantitative estimate of drug-likeness (QED) is 0.893. The van der Waals surface area contributed by atoms with Gasteiger partial charge in [0.05, 0.1) is 0 Å². The lowest BCUT2D eigenvalue weighted by molar-refractivity contribution is 0.291. The van der Waals surface area contributed by atoms with Gasteiger partial charge in [-0.15, -0.1) is 12.4 Å². The third-order valence-electron chi connectivity index (χ3n) is 3.10. The van der Waals surface area contributed by atoms with E-state index in [0.29, 0.717) is 6.07 Å². The van der Waals surface area contributed by atoms with Crippen molar-refractivity contribution in [1.82, 2.24) is 4.31 Å². The molecule has 1 aromatic carbocycles. The number of aryl methyl sites for hydroxylation is 1. The van der Waals surface area contributed by atoms with Gasteiger partial charge in [0, 0.05) is 19.7 Å². The molecule has 0 unspecified atom stereocenters. The smallest absolute Gasteiger partial charge is 0.245 e. The molecule has 0 aliphatic carbocycles. The van der Waals surface area contributed by atoms with Gasteiger partial charge in [-0.25, -0.2) is 21.5 Å². The van der Waals surface area contributed by atoms with E-state index in [1.165, 1.54) is 14.0 Å². The lowest BCUT2D eigenvalue weighted by Gasteiger charge is -2.28. The van der Waals surface area contributed by atoms with Crippen LogP contribution in [0.4, 0.5) is 8.78 Å². The summed E-state index contributed by atoms with van der Waals surface area (Å²) in [6.45, 7) is 5.44. The summed E-state index contributed by atoms with van der Waals surface area (Å²) in [6.07, 6.45) is 0. The Morgan fingerprint density at radius 1 is 1.24 bits per heavy atom. The van der Waals surface area contributed by atoms with Gasteiger partial charge in [-0.2, -0.15) is 0 Å². The van der Waals surface area contributed by atoms with E-state index < -0.39 is 32.0 Å². The van der Waals surface area contributed by atoms with Crippen LogP contribution in [0.15, 0.2) is 17.0 Å². The number of hydrogen-bond donors (Lipinski definition) is 1. The van der Waals surface area contributed by atoms with Crippen molar-refractivity contribution in [2.45, 2.75) is 25.7 Å². The maximum absolute atomic E-state index is 13.7. The van der Waals surface area contributed by atoms with Crippen LogP contribution >= 0.6 is 12.4 Å². The molecule has 21 heavy (non-hydrogen) atoms. The van der Waals surface area contributed by atoms with Gasteiger partial charge in [0.2, 0.25) is 10.0 Å². The Bertz CT molecular complexity index is 606. The number of rotatable bonds is 5. The average Bonchev–Trinajstić information content (AvgIpc) is 2.33. The number of hydrogen-bond acceptors (Lipinski definition) is 3. The number of nitrogens with zero attached hydrogens (tertiary/aromatic N) is 1. The van der Waals surface area contributed by atoms with Crippen molar-refractivity contribution in [2.75, 3.05) is 20.1 Å². The van der Waals surface area contributed by atoms with Gasteiger partial charge in [0.25, 0.3) is 0 Å². The number of sulfonamides is 1. The normalized spacial score (nSPS) is 12.4. The third-order valence-corrected chi connectivity index (χ3v) is 4.92. The summed E-state index contributed by atoms with van der Waals surface area (Å²) in [6, 6.07) is 1.59. The summed E-state index contributed by atoms with van der Waals surface area (Å²) in [7, 11) is -2.66. The molecule has 0 aliphatic rings. The first-order valence-electron chi connectivity index (χ1n) is 6.13. The van der Waals surface area contributed by atoms with Crippen LogP contribution < -0.4 is 5.73 Å². The van der Waals surface area contributed by atoms with E-state index >= 15 is 0 Å². The Morgan fingerprint density at radius 2 is 1.76 bits per heavy atom. The Labute approximate surface area is 130 Å². The Morgan fingerprint density at radius 3 is 2.24 bits per heavy atom. The van der Waals surface area contributed by atoms with Gasteiger partial charge in [-0.3, -0.25) is 0 Å². The topological polar surface area (TPSA) is 63.4 Å². The van der Waals surface area contributed by atoms with Gasteiger partial charge in [0.15, 0.2) is 0 Å². The van der Waals surface area contributed by atoms with Crippen molar-refractivity contribution >= 4 is 22.4 Å². The predicted molar refractivity (Wildman–Crippen MR) is 81.0 cm³/mol. The van der Waals surface area contributed by atoms with Crippen LogP contribution in [0.1, 0.15) is 19.4 Å². The summed E-state index contributed by atoms with van der Waals surface area (Å²) in [5.41, 5.74) is 5.21. The zero-order valence-electron chi connectivity index (χ0n) is 12.5. The molecule has 8 heteroatoms. The minimum absolute atomic E-state index is 0. The lowest BCUT2D eigenvalue weighted by atomic mass is 9.94. The standard InChI is InChI=1S/C13H20F2N2O2S.ClH/c1-9-5-12(11(15)6-10(9)14)20(18,19)17(4)8-13(2,3)7-16;/h5-6H,7-8,16H2,1-4H3;1H. The molecule has 0 fully saturated rings. The molecule has 0 saturated carbocycles. The van der Waals surface area contributed by atoms with Crippen molar-refractivity contribution in [2.24, 2.45) is 11.1 Å². The van der Waals surface area contributed by atoms with Gasteiger partial charge in [0.1, 0.15) is 16.5 Å². The summed E-state index contributed by atoms with van der Waals surface area (Å²) in [5.74, 6) is -1.86. The van der Waals surface area contributed by atoms with E-state index in [-0.39, 0.29) is 31.1 Å². The van der Waals surface area contributed by atoms with Crippen molar-refractivity contribution < 1.29 is 17.2 Å². The maximum Gasteiger partial charge on any atom is 0.245 e. The second-order valence-electron chi connectivity index (χ2n) is 5.66. The molecule has 0 atom stereocenters. The Hall–Kier alpha value is -0.760. The van der Waals surface area contributed by atoms with Crippen LogP contribution in [-0.2, 0) is 10.0 Å². The zero-order chi connectivity index (χ0) is 15.7. The van der Waals surface area contributed by atoms with Gasteiger partial charge in [-0.1, -0.05) is 13.8 Å². The van der Waals surface area contributed by atoms with Crippen LogP contribution in [0, 0.1) is 24.0 Å². The van der Waals surface area contributed by atoms with Crippen LogP contribution in [-0.4, -0.2) is 32.9 Å². The fourth-order valence-electron chi connectivity index (χ4n) is 1.75. The minimum Gasteiger partial charge on any atom is -0.330 e. The highest BCUT2D eigenvalue weighted by atomic mass is 35.5. The molecule has 0 bridgehead atoms. The second-order valence-corrected chi connectivity index (χ2v) is 7.67. The molecular weight excluding hydrogens is 322 g/mol. The van der Waals surface area contributed by atoms with Crippen molar-refractivity contribution in [3.8, 4) is 0 Å². The molecule has 0 aliphatic heterocycles. The molecule has 0 radical (unpaired) electrons. The van der Waals surface area contributed by atoms with E-state index in [1.807, 2.05) is 13.8 Å². The highest BCUT2D eigenvalue weighted by Gasteiger charge is 2.29. The second kappa shape index (κ2) is 7.00. The van der Waals surface area contributed by atoms with Gasteiger partial charge >= 0.3 is 0 Å². The van der Waals surface area contributed by atoms with Crippen molar-refractivity contribution in [3.63, 3.8) is 0 Å². The molecule has 0 aromatic heterocycles. The van der Waals surface area contributed by atoms with Gasteiger partial charge in [-0.05, 0) is 30.5 Å². The van der Waals surface area contributed by atoms with E-state index in [1.54, 1.807) is 0 Å². The Balaban J connectivity index is 0.00000400. The van der Waals surface area contributed by atoms with E-state index in [9.17, 15) is 17.2 Å². The fourth-order valence-corrected chi connectivity index (χ4v) is 3.23. The molecule has 0 amide bonds. The molecular formula is C13H21ClF2N2O2S. The average molecular weight is 343 g/mol. The molecule has 0 spiro atoms. The minimum atomic E-state index is -4.02. The number of halogens is 3. The molecule has 4 nitrogen and oxygen atoms in total. The molecule has 0 heterocycles. The largest absolute Gasteiger partial charge is 0.330 e. The molecule has 1 aromatic rings. The fraction of sp³-hybridized carbons (Fsp3) is 0.538. The monoisotopic (exact) mass is 342 g/mol. The van der Waals surface area contributed by atoms with E-state index in [4.69, 9.17) is 5.73 Å². The highest BCUT2D eigenvalue weighted by molar-refractivity contribution is 7.89.